The maximum atomic E-state index is 10.5. The second kappa shape index (κ2) is 2.75. The van der Waals surface area contributed by atoms with E-state index in [1.807, 2.05) is 0 Å². The molecular weight excluding hydrogens is 162 g/mol. The fourth-order valence-electron chi connectivity index (χ4n) is 1.16. The van der Waals surface area contributed by atoms with E-state index in [4.69, 9.17) is 5.14 Å². The van der Waals surface area contributed by atoms with Crippen molar-refractivity contribution in [3.8, 4) is 0 Å². The molecule has 0 unspecified atom stereocenters. The van der Waals surface area contributed by atoms with Gasteiger partial charge < -0.3 is 0 Å². The number of hydrogen-bond acceptors (Lipinski definition) is 2. The topological polar surface area (TPSA) is 60.2 Å². The first-order valence-electron chi connectivity index (χ1n) is 3.92. The van der Waals surface area contributed by atoms with Crippen molar-refractivity contribution in [2.45, 2.75) is 32.6 Å². The predicted molar refractivity (Wildman–Crippen MR) is 44.5 cm³/mol. The third-order valence-electron chi connectivity index (χ3n) is 2.31. The maximum Gasteiger partial charge on any atom is 0.209 e. The van der Waals surface area contributed by atoms with E-state index < -0.39 is 10.0 Å². The lowest BCUT2D eigenvalue weighted by Crippen LogP contribution is -2.16. The average Bonchev–Trinajstić information content (AvgIpc) is 2.44. The standard InChI is InChI=1S/C7H15NO2S/c1-7(4-5-7)3-2-6-11(8,9)10/h2-6H2,1H3,(H2,8,9,10). The van der Waals surface area contributed by atoms with Crippen LogP contribution >= 0.6 is 0 Å². The lowest BCUT2D eigenvalue weighted by atomic mass is 10.0. The molecule has 0 aliphatic heterocycles. The summed E-state index contributed by atoms with van der Waals surface area (Å²) >= 11 is 0. The number of primary sulfonamides is 1. The highest BCUT2D eigenvalue weighted by Crippen LogP contribution is 2.48. The number of rotatable bonds is 4. The molecule has 0 radical (unpaired) electrons. The van der Waals surface area contributed by atoms with Gasteiger partial charge in [0.05, 0.1) is 5.75 Å². The summed E-state index contributed by atoms with van der Waals surface area (Å²) in [7, 11) is -3.22. The van der Waals surface area contributed by atoms with Gasteiger partial charge in [0.15, 0.2) is 0 Å². The van der Waals surface area contributed by atoms with Crippen molar-refractivity contribution in [1.29, 1.82) is 0 Å². The summed E-state index contributed by atoms with van der Waals surface area (Å²) in [6.07, 6.45) is 4.22. The Morgan fingerprint density at radius 1 is 1.45 bits per heavy atom. The Labute approximate surface area is 68.0 Å². The summed E-state index contributed by atoms with van der Waals surface area (Å²) in [4.78, 5) is 0. The first-order chi connectivity index (χ1) is 4.91. The van der Waals surface area contributed by atoms with Crippen molar-refractivity contribution in [2.75, 3.05) is 5.75 Å². The zero-order valence-electron chi connectivity index (χ0n) is 6.84. The first-order valence-corrected chi connectivity index (χ1v) is 5.63. The average molecular weight is 177 g/mol. The summed E-state index contributed by atoms with van der Waals surface area (Å²) in [6, 6.07) is 0. The van der Waals surface area contributed by atoms with Gasteiger partial charge in [-0.1, -0.05) is 6.92 Å². The highest BCUT2D eigenvalue weighted by molar-refractivity contribution is 7.89. The fraction of sp³-hybridized carbons (Fsp3) is 1.00. The highest BCUT2D eigenvalue weighted by atomic mass is 32.2. The van der Waals surface area contributed by atoms with Gasteiger partial charge in [0.1, 0.15) is 0 Å². The van der Waals surface area contributed by atoms with E-state index in [2.05, 4.69) is 6.92 Å². The van der Waals surface area contributed by atoms with Gasteiger partial charge in [0.2, 0.25) is 10.0 Å². The molecule has 0 amide bonds. The molecule has 1 aliphatic carbocycles. The Balaban J connectivity index is 2.15. The Hall–Kier alpha value is -0.0900. The molecule has 0 heterocycles. The van der Waals surface area contributed by atoms with Crippen LogP contribution < -0.4 is 5.14 Å². The van der Waals surface area contributed by atoms with Gasteiger partial charge in [-0.05, 0) is 31.1 Å². The van der Waals surface area contributed by atoms with E-state index in [9.17, 15) is 8.42 Å². The van der Waals surface area contributed by atoms with E-state index in [1.54, 1.807) is 0 Å². The van der Waals surface area contributed by atoms with Gasteiger partial charge in [-0.3, -0.25) is 0 Å². The monoisotopic (exact) mass is 177 g/mol. The van der Waals surface area contributed by atoms with Crippen molar-refractivity contribution in [1.82, 2.24) is 0 Å². The van der Waals surface area contributed by atoms with E-state index in [1.165, 1.54) is 12.8 Å². The van der Waals surface area contributed by atoms with E-state index in [-0.39, 0.29) is 5.75 Å². The van der Waals surface area contributed by atoms with Gasteiger partial charge in [-0.25, -0.2) is 13.6 Å². The number of sulfonamides is 1. The molecular formula is C7H15NO2S. The van der Waals surface area contributed by atoms with E-state index in [0.29, 0.717) is 5.41 Å². The summed E-state index contributed by atoms with van der Waals surface area (Å²) in [6.45, 7) is 2.19. The summed E-state index contributed by atoms with van der Waals surface area (Å²) < 4.78 is 21.0. The van der Waals surface area contributed by atoms with Crippen molar-refractivity contribution in [3.05, 3.63) is 0 Å². The minimum atomic E-state index is -3.22. The molecule has 0 aromatic carbocycles. The second-order valence-electron chi connectivity index (χ2n) is 3.78. The smallest absolute Gasteiger partial charge is 0.209 e. The molecule has 4 heteroatoms. The molecule has 0 saturated heterocycles. The normalized spacial score (nSPS) is 21.6. The van der Waals surface area contributed by atoms with Crippen molar-refractivity contribution < 1.29 is 8.42 Å². The first kappa shape index (κ1) is 9.00. The molecule has 1 saturated carbocycles. The van der Waals surface area contributed by atoms with Crippen LogP contribution in [0.15, 0.2) is 0 Å². The minimum absolute atomic E-state index is 0.141. The van der Waals surface area contributed by atoms with Crippen LogP contribution in [-0.2, 0) is 10.0 Å². The molecule has 66 valence electrons. The molecule has 0 spiro atoms. The lowest BCUT2D eigenvalue weighted by Gasteiger charge is -2.05. The molecule has 1 rings (SSSR count). The zero-order valence-corrected chi connectivity index (χ0v) is 7.65. The van der Waals surface area contributed by atoms with Gasteiger partial charge in [0.25, 0.3) is 0 Å². The van der Waals surface area contributed by atoms with E-state index >= 15 is 0 Å². The van der Waals surface area contributed by atoms with Gasteiger partial charge >= 0.3 is 0 Å². The van der Waals surface area contributed by atoms with Crippen LogP contribution in [0.25, 0.3) is 0 Å². The molecule has 3 nitrogen and oxygen atoms in total. The van der Waals surface area contributed by atoms with Gasteiger partial charge in [0, 0.05) is 0 Å². The Morgan fingerprint density at radius 2 is 2.00 bits per heavy atom. The Bertz CT molecular complexity index is 229. The molecule has 0 bridgehead atoms. The third kappa shape index (κ3) is 3.72. The number of nitrogens with two attached hydrogens (primary N) is 1. The molecule has 0 aromatic rings. The second-order valence-corrected chi connectivity index (χ2v) is 5.52. The SMILES string of the molecule is CC1(CCCS(N)(=O)=O)CC1. The van der Waals surface area contributed by atoms with Crippen molar-refractivity contribution >= 4 is 10.0 Å². The maximum absolute atomic E-state index is 10.5. The Kier molecular flexibility index (Phi) is 2.25. The summed E-state index contributed by atoms with van der Waals surface area (Å²) in [5.41, 5.74) is 0.449. The molecule has 0 aromatic heterocycles. The summed E-state index contributed by atoms with van der Waals surface area (Å²) in [5.74, 6) is 0.141. The molecule has 2 N–H and O–H groups in total. The molecule has 11 heavy (non-hydrogen) atoms. The molecule has 0 atom stereocenters. The molecule has 1 fully saturated rings. The highest BCUT2D eigenvalue weighted by Gasteiger charge is 2.36. The van der Waals surface area contributed by atoms with Crippen LogP contribution in [-0.4, -0.2) is 14.2 Å². The zero-order chi connectivity index (χ0) is 8.54. The van der Waals surface area contributed by atoms with Crippen molar-refractivity contribution in [2.24, 2.45) is 10.6 Å². The van der Waals surface area contributed by atoms with E-state index in [0.717, 1.165) is 12.8 Å². The van der Waals surface area contributed by atoms with Crippen LogP contribution in [0.3, 0.4) is 0 Å². The van der Waals surface area contributed by atoms with Crippen LogP contribution in [0, 0.1) is 5.41 Å². The van der Waals surface area contributed by atoms with Gasteiger partial charge in [-0.2, -0.15) is 0 Å². The van der Waals surface area contributed by atoms with Crippen LogP contribution in [0.4, 0.5) is 0 Å². The lowest BCUT2D eigenvalue weighted by molar-refractivity contribution is 0.506. The number of hydrogen-bond donors (Lipinski definition) is 1. The van der Waals surface area contributed by atoms with Crippen molar-refractivity contribution in [3.63, 3.8) is 0 Å². The predicted octanol–water partition coefficient (Wildman–Crippen LogP) is 0.855. The third-order valence-corrected chi connectivity index (χ3v) is 3.17. The largest absolute Gasteiger partial charge is 0.229 e. The minimum Gasteiger partial charge on any atom is -0.229 e. The van der Waals surface area contributed by atoms with Gasteiger partial charge in [-0.15, -0.1) is 0 Å². The summed E-state index contributed by atoms with van der Waals surface area (Å²) in [5, 5.41) is 4.86. The van der Waals surface area contributed by atoms with Crippen LogP contribution in [0.5, 0.6) is 0 Å². The Morgan fingerprint density at radius 3 is 2.36 bits per heavy atom. The molecule has 1 aliphatic rings. The quantitative estimate of drug-likeness (QED) is 0.692. The van der Waals surface area contributed by atoms with Crippen LogP contribution in [0.2, 0.25) is 0 Å². The fourth-order valence-corrected chi connectivity index (χ4v) is 1.71. The van der Waals surface area contributed by atoms with Crippen LogP contribution in [0.1, 0.15) is 32.6 Å².